The summed E-state index contributed by atoms with van der Waals surface area (Å²) in [7, 11) is 0. The van der Waals surface area contributed by atoms with Crippen molar-refractivity contribution in [1.82, 2.24) is 0 Å². The minimum absolute atomic E-state index is 0.0764. The largest absolute Gasteiger partial charge is 0.346 e. The van der Waals surface area contributed by atoms with Gasteiger partial charge in [-0.05, 0) is 6.42 Å². The molecule has 0 bridgehead atoms. The van der Waals surface area contributed by atoms with Gasteiger partial charge in [0.05, 0.1) is 18.6 Å². The van der Waals surface area contributed by atoms with Crippen LogP contribution in [-0.4, -0.2) is 29.8 Å². The molecular formula is C7H10Cl2O2. The van der Waals surface area contributed by atoms with Gasteiger partial charge < -0.3 is 9.47 Å². The quantitative estimate of drug-likeness (QED) is 0.550. The van der Waals surface area contributed by atoms with Crippen molar-refractivity contribution in [3.05, 3.63) is 0 Å². The second kappa shape index (κ2) is 2.77. The maximum Gasteiger partial charge on any atom is 0.186 e. The number of ether oxygens (including phenoxy) is 2. The van der Waals surface area contributed by atoms with Crippen molar-refractivity contribution in [1.29, 1.82) is 0 Å². The van der Waals surface area contributed by atoms with Gasteiger partial charge in [0.2, 0.25) is 0 Å². The molecule has 2 aliphatic rings. The zero-order valence-electron chi connectivity index (χ0n) is 6.06. The standard InChI is InChI=1S/C7H10Cl2O2/c8-5-3-6(9)7(4-5)10-1-2-11-7/h5-6H,1-4H2. The van der Waals surface area contributed by atoms with Gasteiger partial charge in [0.1, 0.15) is 0 Å². The van der Waals surface area contributed by atoms with E-state index >= 15 is 0 Å². The number of hydrogen-bond acceptors (Lipinski definition) is 2. The SMILES string of the molecule is ClC1CC(Cl)C2(C1)OCCO2. The predicted molar refractivity (Wildman–Crippen MR) is 43.2 cm³/mol. The fourth-order valence-electron chi connectivity index (χ4n) is 1.69. The second-order valence-electron chi connectivity index (χ2n) is 3.01. The van der Waals surface area contributed by atoms with Crippen molar-refractivity contribution in [2.75, 3.05) is 13.2 Å². The summed E-state index contributed by atoms with van der Waals surface area (Å²) in [5.74, 6) is -0.548. The number of rotatable bonds is 0. The van der Waals surface area contributed by atoms with Crippen molar-refractivity contribution >= 4 is 23.2 Å². The van der Waals surface area contributed by atoms with Crippen LogP contribution in [0.25, 0.3) is 0 Å². The molecule has 2 nitrogen and oxygen atoms in total. The van der Waals surface area contributed by atoms with Crippen molar-refractivity contribution < 1.29 is 9.47 Å². The lowest BCUT2D eigenvalue weighted by molar-refractivity contribution is -0.146. The van der Waals surface area contributed by atoms with Gasteiger partial charge in [-0.2, -0.15) is 0 Å². The molecule has 4 heteroatoms. The fraction of sp³-hybridized carbons (Fsp3) is 1.00. The van der Waals surface area contributed by atoms with Crippen LogP contribution in [-0.2, 0) is 9.47 Å². The highest BCUT2D eigenvalue weighted by atomic mass is 35.5. The normalized spacial score (nSPS) is 42.0. The van der Waals surface area contributed by atoms with Gasteiger partial charge >= 0.3 is 0 Å². The third-order valence-electron chi connectivity index (χ3n) is 2.22. The highest BCUT2D eigenvalue weighted by Crippen LogP contribution is 2.42. The molecule has 0 amide bonds. The molecule has 2 fully saturated rings. The maximum absolute atomic E-state index is 6.04. The summed E-state index contributed by atoms with van der Waals surface area (Å²) < 4.78 is 10.9. The molecule has 2 unspecified atom stereocenters. The van der Waals surface area contributed by atoms with Crippen LogP contribution in [0, 0.1) is 0 Å². The summed E-state index contributed by atoms with van der Waals surface area (Å²) in [6, 6.07) is 0. The zero-order chi connectivity index (χ0) is 7.90. The highest BCUT2D eigenvalue weighted by Gasteiger charge is 2.50. The highest BCUT2D eigenvalue weighted by molar-refractivity contribution is 6.25. The molecule has 1 saturated heterocycles. The van der Waals surface area contributed by atoms with Gasteiger partial charge in [0.15, 0.2) is 5.79 Å². The molecule has 0 N–H and O–H groups in total. The van der Waals surface area contributed by atoms with E-state index in [-0.39, 0.29) is 10.8 Å². The Morgan fingerprint density at radius 1 is 1.18 bits per heavy atom. The van der Waals surface area contributed by atoms with Crippen LogP contribution in [0.5, 0.6) is 0 Å². The molecule has 1 spiro atoms. The van der Waals surface area contributed by atoms with E-state index in [0.717, 1.165) is 12.8 Å². The van der Waals surface area contributed by atoms with Crippen LogP contribution >= 0.6 is 23.2 Å². The van der Waals surface area contributed by atoms with Crippen molar-refractivity contribution in [2.45, 2.75) is 29.4 Å². The van der Waals surface area contributed by atoms with Gasteiger partial charge in [-0.3, -0.25) is 0 Å². The summed E-state index contributed by atoms with van der Waals surface area (Å²) in [5, 5.41) is 0.0306. The zero-order valence-corrected chi connectivity index (χ0v) is 7.57. The van der Waals surface area contributed by atoms with Gasteiger partial charge in [-0.15, -0.1) is 23.2 Å². The summed E-state index contributed by atoms with van der Waals surface area (Å²) in [6.07, 6.45) is 1.51. The molecule has 2 atom stereocenters. The van der Waals surface area contributed by atoms with Crippen molar-refractivity contribution in [2.24, 2.45) is 0 Å². The Balaban J connectivity index is 2.12. The lowest BCUT2D eigenvalue weighted by atomic mass is 10.2. The first-order chi connectivity index (χ1) is 5.23. The van der Waals surface area contributed by atoms with E-state index < -0.39 is 5.79 Å². The second-order valence-corrected chi connectivity index (χ2v) is 4.16. The Hall–Kier alpha value is 0.500. The molecule has 0 aromatic heterocycles. The van der Waals surface area contributed by atoms with E-state index in [0.29, 0.717) is 13.2 Å². The fourth-order valence-corrected chi connectivity index (χ4v) is 2.61. The molecular weight excluding hydrogens is 187 g/mol. The molecule has 64 valence electrons. The summed E-state index contributed by atoms with van der Waals surface area (Å²) in [4.78, 5) is 0. The van der Waals surface area contributed by atoms with Crippen LogP contribution in [0.2, 0.25) is 0 Å². The molecule has 0 radical (unpaired) electrons. The van der Waals surface area contributed by atoms with Crippen molar-refractivity contribution in [3.63, 3.8) is 0 Å². The van der Waals surface area contributed by atoms with E-state index in [9.17, 15) is 0 Å². The van der Waals surface area contributed by atoms with Crippen LogP contribution in [0.4, 0.5) is 0 Å². The molecule has 1 aliphatic heterocycles. The average molecular weight is 197 g/mol. The Kier molecular flexibility index (Phi) is 2.04. The Morgan fingerprint density at radius 3 is 2.27 bits per heavy atom. The molecule has 11 heavy (non-hydrogen) atoms. The molecule has 0 aromatic carbocycles. The topological polar surface area (TPSA) is 18.5 Å². The summed E-state index contributed by atoms with van der Waals surface area (Å²) in [5.41, 5.74) is 0. The van der Waals surface area contributed by atoms with Gasteiger partial charge in [-0.25, -0.2) is 0 Å². The van der Waals surface area contributed by atoms with Crippen molar-refractivity contribution in [3.8, 4) is 0 Å². The molecule has 2 rings (SSSR count). The monoisotopic (exact) mass is 196 g/mol. The van der Waals surface area contributed by atoms with Gasteiger partial charge in [0.25, 0.3) is 0 Å². The Bertz CT molecular complexity index is 157. The maximum atomic E-state index is 6.04. The Labute approximate surface area is 75.8 Å². The average Bonchev–Trinajstić information content (AvgIpc) is 2.45. The van der Waals surface area contributed by atoms with Crippen LogP contribution in [0.3, 0.4) is 0 Å². The van der Waals surface area contributed by atoms with Crippen LogP contribution < -0.4 is 0 Å². The minimum Gasteiger partial charge on any atom is -0.346 e. The van der Waals surface area contributed by atoms with E-state index in [1.54, 1.807) is 0 Å². The molecule has 0 aromatic rings. The first kappa shape index (κ1) is 8.11. The summed E-state index contributed by atoms with van der Waals surface area (Å²) in [6.45, 7) is 1.29. The summed E-state index contributed by atoms with van der Waals surface area (Å²) >= 11 is 12.0. The molecule has 1 saturated carbocycles. The number of halogens is 2. The number of alkyl halides is 2. The predicted octanol–water partition coefficient (Wildman–Crippen LogP) is 1.74. The van der Waals surface area contributed by atoms with E-state index in [1.165, 1.54) is 0 Å². The lowest BCUT2D eigenvalue weighted by Gasteiger charge is -2.24. The van der Waals surface area contributed by atoms with Crippen LogP contribution in [0.15, 0.2) is 0 Å². The molecule has 1 aliphatic carbocycles. The van der Waals surface area contributed by atoms with E-state index in [4.69, 9.17) is 32.7 Å². The number of hydrogen-bond donors (Lipinski definition) is 0. The van der Waals surface area contributed by atoms with Crippen LogP contribution in [0.1, 0.15) is 12.8 Å². The van der Waals surface area contributed by atoms with E-state index in [2.05, 4.69) is 0 Å². The minimum atomic E-state index is -0.548. The smallest absolute Gasteiger partial charge is 0.186 e. The van der Waals surface area contributed by atoms with Gasteiger partial charge in [0, 0.05) is 11.8 Å². The third-order valence-corrected chi connectivity index (χ3v) is 3.07. The lowest BCUT2D eigenvalue weighted by Crippen LogP contribution is -2.35. The third kappa shape index (κ3) is 1.26. The first-order valence-electron chi connectivity index (χ1n) is 3.79. The van der Waals surface area contributed by atoms with E-state index in [1.807, 2.05) is 0 Å². The Morgan fingerprint density at radius 2 is 1.82 bits per heavy atom. The molecule has 1 heterocycles. The van der Waals surface area contributed by atoms with Gasteiger partial charge in [-0.1, -0.05) is 0 Å². The first-order valence-corrected chi connectivity index (χ1v) is 4.66.